The summed E-state index contributed by atoms with van der Waals surface area (Å²) in [5.74, 6) is -0.883. The number of thiophene rings is 1. The summed E-state index contributed by atoms with van der Waals surface area (Å²) in [5, 5.41) is 11.3. The third-order valence-electron chi connectivity index (χ3n) is 2.77. The van der Waals surface area contributed by atoms with Crippen LogP contribution >= 0.6 is 11.3 Å². The molecule has 0 bridgehead atoms. The molecule has 94 valence electrons. The highest BCUT2D eigenvalue weighted by Crippen LogP contribution is 2.23. The fourth-order valence-corrected chi connectivity index (χ4v) is 2.63. The molecule has 4 heteroatoms. The van der Waals surface area contributed by atoms with E-state index < -0.39 is 5.97 Å². The van der Waals surface area contributed by atoms with Crippen molar-refractivity contribution in [2.45, 2.75) is 13.5 Å². The maximum absolute atomic E-state index is 11.3. The summed E-state index contributed by atoms with van der Waals surface area (Å²) >= 11 is 1.67. The third-order valence-corrected chi connectivity index (χ3v) is 3.63. The molecule has 0 radical (unpaired) electrons. The maximum Gasteiger partial charge on any atom is 0.337 e. The number of aromatic carboxylic acids is 1. The Morgan fingerprint density at radius 2 is 2.17 bits per heavy atom. The van der Waals surface area contributed by atoms with E-state index in [2.05, 4.69) is 6.07 Å². The molecule has 18 heavy (non-hydrogen) atoms. The molecule has 0 aliphatic heterocycles. The number of carboxylic acids is 1. The lowest BCUT2D eigenvalue weighted by molar-refractivity contribution is 0.0697. The minimum atomic E-state index is -0.883. The summed E-state index contributed by atoms with van der Waals surface area (Å²) in [7, 11) is 1.91. The summed E-state index contributed by atoms with van der Waals surface area (Å²) < 4.78 is 0. The maximum atomic E-state index is 11.3. The van der Waals surface area contributed by atoms with E-state index in [0.29, 0.717) is 5.56 Å². The van der Waals surface area contributed by atoms with Gasteiger partial charge in [-0.05, 0) is 30.5 Å². The molecule has 1 N–H and O–H groups in total. The van der Waals surface area contributed by atoms with Crippen LogP contribution in [0.2, 0.25) is 0 Å². The zero-order valence-corrected chi connectivity index (χ0v) is 11.2. The Morgan fingerprint density at radius 3 is 2.78 bits per heavy atom. The van der Waals surface area contributed by atoms with E-state index in [-0.39, 0.29) is 0 Å². The van der Waals surface area contributed by atoms with Crippen molar-refractivity contribution in [2.75, 3.05) is 11.9 Å². The molecule has 0 spiro atoms. The van der Waals surface area contributed by atoms with E-state index in [1.807, 2.05) is 42.5 Å². The van der Waals surface area contributed by atoms with Gasteiger partial charge in [-0.3, -0.25) is 0 Å². The molecule has 1 aromatic heterocycles. The van der Waals surface area contributed by atoms with Gasteiger partial charge in [0.2, 0.25) is 0 Å². The van der Waals surface area contributed by atoms with E-state index in [1.54, 1.807) is 17.4 Å². The zero-order valence-electron chi connectivity index (χ0n) is 10.4. The van der Waals surface area contributed by atoms with Crippen molar-refractivity contribution in [3.63, 3.8) is 0 Å². The van der Waals surface area contributed by atoms with Gasteiger partial charge < -0.3 is 10.0 Å². The third kappa shape index (κ3) is 2.71. The molecule has 0 saturated heterocycles. The number of carboxylic acid groups (broad SMARTS) is 1. The SMILES string of the molecule is Cc1ccc(N(C)Cc2cccs2)c(C(=O)O)c1. The van der Waals surface area contributed by atoms with Gasteiger partial charge in [-0.2, -0.15) is 0 Å². The van der Waals surface area contributed by atoms with Crippen LogP contribution in [0.1, 0.15) is 20.8 Å². The predicted molar refractivity (Wildman–Crippen MR) is 74.6 cm³/mol. The van der Waals surface area contributed by atoms with Gasteiger partial charge in [-0.15, -0.1) is 11.3 Å². The molecule has 0 atom stereocenters. The molecule has 0 fully saturated rings. The molecule has 0 saturated carbocycles. The highest BCUT2D eigenvalue weighted by atomic mass is 32.1. The minimum absolute atomic E-state index is 0.356. The second-order valence-corrected chi connectivity index (χ2v) is 5.29. The van der Waals surface area contributed by atoms with Gasteiger partial charge in [-0.25, -0.2) is 4.79 Å². The molecule has 0 amide bonds. The van der Waals surface area contributed by atoms with Crippen LogP contribution in [0.25, 0.3) is 0 Å². The lowest BCUT2D eigenvalue weighted by Gasteiger charge is -2.20. The van der Waals surface area contributed by atoms with Gasteiger partial charge in [0, 0.05) is 11.9 Å². The molecule has 1 heterocycles. The predicted octanol–water partition coefficient (Wildman–Crippen LogP) is 3.39. The highest BCUT2D eigenvalue weighted by molar-refractivity contribution is 7.09. The van der Waals surface area contributed by atoms with Crippen molar-refractivity contribution in [3.8, 4) is 0 Å². The molecule has 2 aromatic rings. The number of aryl methyl sites for hydroxylation is 1. The van der Waals surface area contributed by atoms with E-state index >= 15 is 0 Å². The molecule has 0 aliphatic rings. The van der Waals surface area contributed by atoms with Crippen LogP contribution in [0, 0.1) is 6.92 Å². The molecule has 0 unspecified atom stereocenters. The Hall–Kier alpha value is -1.81. The molecular formula is C14H15NO2S. The van der Waals surface area contributed by atoms with Crippen molar-refractivity contribution in [3.05, 3.63) is 51.7 Å². The van der Waals surface area contributed by atoms with Gasteiger partial charge in [0.05, 0.1) is 17.8 Å². The first-order valence-corrected chi connectivity index (χ1v) is 6.53. The number of rotatable bonds is 4. The quantitative estimate of drug-likeness (QED) is 0.917. The van der Waals surface area contributed by atoms with Gasteiger partial charge >= 0.3 is 5.97 Å². The monoisotopic (exact) mass is 261 g/mol. The van der Waals surface area contributed by atoms with Crippen LogP contribution < -0.4 is 4.90 Å². The van der Waals surface area contributed by atoms with Crippen LogP contribution in [0.4, 0.5) is 5.69 Å². The fraction of sp³-hybridized carbons (Fsp3) is 0.214. The van der Waals surface area contributed by atoms with E-state index in [9.17, 15) is 9.90 Å². The molecule has 1 aromatic carbocycles. The molecule has 0 aliphatic carbocycles. The Bertz CT molecular complexity index is 549. The number of benzene rings is 1. The van der Waals surface area contributed by atoms with E-state index in [0.717, 1.165) is 17.8 Å². The van der Waals surface area contributed by atoms with Crippen molar-refractivity contribution < 1.29 is 9.90 Å². The second-order valence-electron chi connectivity index (χ2n) is 4.26. The van der Waals surface area contributed by atoms with Gasteiger partial charge in [0.25, 0.3) is 0 Å². The lowest BCUT2D eigenvalue weighted by Crippen LogP contribution is -2.18. The first kappa shape index (κ1) is 12.6. The van der Waals surface area contributed by atoms with Crippen molar-refractivity contribution in [1.82, 2.24) is 0 Å². The van der Waals surface area contributed by atoms with Crippen molar-refractivity contribution in [1.29, 1.82) is 0 Å². The van der Waals surface area contributed by atoms with Crippen LogP contribution in [0.3, 0.4) is 0 Å². The Morgan fingerprint density at radius 1 is 1.39 bits per heavy atom. The number of nitrogens with zero attached hydrogens (tertiary/aromatic N) is 1. The van der Waals surface area contributed by atoms with Gasteiger partial charge in [0.15, 0.2) is 0 Å². The summed E-state index contributed by atoms with van der Waals surface area (Å²) in [4.78, 5) is 14.4. The van der Waals surface area contributed by atoms with Gasteiger partial charge in [0.1, 0.15) is 0 Å². The number of anilines is 1. The average molecular weight is 261 g/mol. The number of hydrogen-bond donors (Lipinski definition) is 1. The Kier molecular flexibility index (Phi) is 3.67. The summed E-state index contributed by atoms with van der Waals surface area (Å²) in [6.45, 7) is 2.62. The fourth-order valence-electron chi connectivity index (χ4n) is 1.88. The largest absolute Gasteiger partial charge is 0.478 e. The Balaban J connectivity index is 2.29. The molecule has 2 rings (SSSR count). The first-order chi connectivity index (χ1) is 8.58. The summed E-state index contributed by atoms with van der Waals surface area (Å²) in [5.41, 5.74) is 2.07. The molecule has 3 nitrogen and oxygen atoms in total. The standard InChI is InChI=1S/C14H15NO2S/c1-10-5-6-13(12(8-10)14(16)17)15(2)9-11-4-3-7-18-11/h3-8H,9H2,1-2H3,(H,16,17). The number of carbonyl (C=O) groups is 1. The Labute approximate surface area is 110 Å². The molecular weight excluding hydrogens is 246 g/mol. The van der Waals surface area contributed by atoms with Crippen LogP contribution in [0.5, 0.6) is 0 Å². The smallest absolute Gasteiger partial charge is 0.337 e. The average Bonchev–Trinajstić information content (AvgIpc) is 2.81. The van der Waals surface area contributed by atoms with Crippen LogP contribution in [0.15, 0.2) is 35.7 Å². The topological polar surface area (TPSA) is 40.5 Å². The zero-order chi connectivity index (χ0) is 13.1. The lowest BCUT2D eigenvalue weighted by atomic mass is 10.1. The summed E-state index contributed by atoms with van der Waals surface area (Å²) in [6.07, 6.45) is 0. The van der Waals surface area contributed by atoms with Crippen LogP contribution in [-0.4, -0.2) is 18.1 Å². The summed E-state index contributed by atoms with van der Waals surface area (Å²) in [6, 6.07) is 9.57. The van der Waals surface area contributed by atoms with E-state index in [4.69, 9.17) is 0 Å². The van der Waals surface area contributed by atoms with Crippen LogP contribution in [-0.2, 0) is 6.54 Å². The first-order valence-electron chi connectivity index (χ1n) is 5.65. The minimum Gasteiger partial charge on any atom is -0.478 e. The van der Waals surface area contributed by atoms with Gasteiger partial charge in [-0.1, -0.05) is 17.7 Å². The van der Waals surface area contributed by atoms with Crippen molar-refractivity contribution >= 4 is 23.0 Å². The second kappa shape index (κ2) is 5.23. The number of hydrogen-bond acceptors (Lipinski definition) is 3. The van der Waals surface area contributed by atoms with Crippen molar-refractivity contribution in [2.24, 2.45) is 0 Å². The van der Waals surface area contributed by atoms with E-state index in [1.165, 1.54) is 4.88 Å². The highest BCUT2D eigenvalue weighted by Gasteiger charge is 2.14. The normalized spacial score (nSPS) is 10.3.